The Kier molecular flexibility index (Phi) is 5.85. The molecule has 0 bridgehead atoms. The van der Waals surface area contributed by atoms with Gasteiger partial charge in [0.1, 0.15) is 11.3 Å². The summed E-state index contributed by atoms with van der Waals surface area (Å²) in [6, 6.07) is 6.24. The van der Waals surface area contributed by atoms with Gasteiger partial charge in [0.25, 0.3) is 0 Å². The van der Waals surface area contributed by atoms with Crippen molar-refractivity contribution in [2.45, 2.75) is 32.8 Å². The molecule has 0 spiro atoms. The van der Waals surface area contributed by atoms with Gasteiger partial charge in [-0.05, 0) is 25.5 Å². The quantitative estimate of drug-likeness (QED) is 0.767. The van der Waals surface area contributed by atoms with Crippen LogP contribution in [0.1, 0.15) is 37.0 Å². The molecule has 1 rings (SSSR count). The topological polar surface area (TPSA) is 72.8 Å². The van der Waals surface area contributed by atoms with Crippen LogP contribution in [-0.2, 0) is 9.53 Å². The number of carbonyl (C=O) groups excluding carboxylic acids is 1. The van der Waals surface area contributed by atoms with Crippen molar-refractivity contribution >= 4 is 11.9 Å². The van der Waals surface area contributed by atoms with Gasteiger partial charge in [-0.3, -0.25) is 0 Å². The van der Waals surface area contributed by atoms with Crippen LogP contribution in [-0.4, -0.2) is 29.8 Å². The molecule has 1 aromatic rings. The number of ether oxygens (including phenoxy) is 2. The lowest BCUT2D eigenvalue weighted by Gasteiger charge is -2.18. The summed E-state index contributed by atoms with van der Waals surface area (Å²) >= 11 is 0. The molecule has 104 valence electrons. The van der Waals surface area contributed by atoms with Gasteiger partial charge in [0.15, 0.2) is 6.10 Å². The lowest BCUT2D eigenvalue weighted by Crippen LogP contribution is -2.29. The predicted molar refractivity (Wildman–Crippen MR) is 69.4 cm³/mol. The van der Waals surface area contributed by atoms with Crippen molar-refractivity contribution in [1.82, 2.24) is 0 Å². The maximum Gasteiger partial charge on any atom is 0.347 e. The highest BCUT2D eigenvalue weighted by Crippen LogP contribution is 2.21. The molecule has 0 fully saturated rings. The van der Waals surface area contributed by atoms with E-state index in [-0.39, 0.29) is 17.9 Å². The van der Waals surface area contributed by atoms with Gasteiger partial charge in [-0.2, -0.15) is 0 Å². The molecule has 0 radical (unpaired) electrons. The third-order valence-corrected chi connectivity index (χ3v) is 2.49. The smallest absolute Gasteiger partial charge is 0.347 e. The van der Waals surface area contributed by atoms with E-state index in [9.17, 15) is 9.59 Å². The molecule has 0 aliphatic heterocycles. The summed E-state index contributed by atoms with van der Waals surface area (Å²) < 4.78 is 10.4. The number of aromatic carboxylic acids is 1. The van der Waals surface area contributed by atoms with Crippen LogP contribution >= 0.6 is 0 Å². The first kappa shape index (κ1) is 15.0. The van der Waals surface area contributed by atoms with E-state index in [2.05, 4.69) is 0 Å². The van der Waals surface area contributed by atoms with Crippen LogP contribution in [0.2, 0.25) is 0 Å². The van der Waals surface area contributed by atoms with Crippen LogP contribution in [0.3, 0.4) is 0 Å². The highest BCUT2D eigenvalue weighted by Gasteiger charge is 2.23. The fourth-order valence-corrected chi connectivity index (χ4v) is 1.62. The molecule has 1 unspecified atom stereocenters. The maximum absolute atomic E-state index is 11.7. The molecule has 5 heteroatoms. The van der Waals surface area contributed by atoms with E-state index in [0.29, 0.717) is 6.42 Å². The normalized spacial score (nSPS) is 11.7. The number of benzene rings is 1. The van der Waals surface area contributed by atoms with E-state index in [1.54, 1.807) is 19.1 Å². The van der Waals surface area contributed by atoms with Gasteiger partial charge >= 0.3 is 11.9 Å². The average Bonchev–Trinajstić information content (AvgIpc) is 2.39. The molecule has 0 aliphatic carbocycles. The van der Waals surface area contributed by atoms with Crippen molar-refractivity contribution in [2.24, 2.45) is 0 Å². The standard InChI is InChI=1S/C14H18O5/c1-3-7-12(14(17)18-4-2)19-11-9-6-5-8-10(11)13(15)16/h5-6,8-9,12H,3-4,7H2,1-2H3,(H,15,16). The van der Waals surface area contributed by atoms with Gasteiger partial charge < -0.3 is 14.6 Å². The monoisotopic (exact) mass is 266 g/mol. The minimum Gasteiger partial charge on any atom is -0.478 e. The van der Waals surface area contributed by atoms with Gasteiger partial charge in [0.2, 0.25) is 0 Å². The number of para-hydroxylation sites is 1. The molecule has 1 aromatic carbocycles. The average molecular weight is 266 g/mol. The van der Waals surface area contributed by atoms with Crippen LogP contribution < -0.4 is 4.74 Å². The maximum atomic E-state index is 11.7. The van der Waals surface area contributed by atoms with Crippen LogP contribution in [0.25, 0.3) is 0 Å². The first-order valence-corrected chi connectivity index (χ1v) is 6.25. The second kappa shape index (κ2) is 7.41. The highest BCUT2D eigenvalue weighted by molar-refractivity contribution is 5.91. The minimum absolute atomic E-state index is 0.0351. The number of carbonyl (C=O) groups is 2. The van der Waals surface area contributed by atoms with E-state index in [1.807, 2.05) is 6.92 Å². The van der Waals surface area contributed by atoms with Gasteiger partial charge in [0, 0.05) is 0 Å². The molecule has 0 saturated heterocycles. The fraction of sp³-hybridized carbons (Fsp3) is 0.429. The molecule has 0 heterocycles. The molecule has 0 aliphatic rings. The Labute approximate surface area is 112 Å². The van der Waals surface area contributed by atoms with Crippen molar-refractivity contribution in [3.05, 3.63) is 29.8 Å². The predicted octanol–water partition coefficient (Wildman–Crippen LogP) is 2.50. The lowest BCUT2D eigenvalue weighted by molar-refractivity contribution is -0.151. The summed E-state index contributed by atoms with van der Waals surface area (Å²) in [7, 11) is 0. The van der Waals surface area contributed by atoms with Crippen LogP contribution in [0.15, 0.2) is 24.3 Å². The summed E-state index contributed by atoms with van der Waals surface area (Å²) in [5, 5.41) is 9.05. The van der Waals surface area contributed by atoms with Crippen molar-refractivity contribution < 1.29 is 24.2 Å². The SMILES string of the molecule is CCCC(Oc1ccccc1C(=O)O)C(=O)OCC. The van der Waals surface area contributed by atoms with Crippen molar-refractivity contribution in [1.29, 1.82) is 0 Å². The van der Waals surface area contributed by atoms with E-state index >= 15 is 0 Å². The molecular formula is C14H18O5. The van der Waals surface area contributed by atoms with Gasteiger partial charge in [-0.25, -0.2) is 9.59 Å². The van der Waals surface area contributed by atoms with Crippen molar-refractivity contribution in [2.75, 3.05) is 6.61 Å². The summed E-state index contributed by atoms with van der Waals surface area (Å²) in [6.07, 6.45) is 0.441. The zero-order valence-corrected chi connectivity index (χ0v) is 11.1. The molecule has 0 aromatic heterocycles. The first-order chi connectivity index (χ1) is 9.10. The van der Waals surface area contributed by atoms with E-state index in [1.165, 1.54) is 12.1 Å². The van der Waals surface area contributed by atoms with E-state index < -0.39 is 18.0 Å². The van der Waals surface area contributed by atoms with Crippen LogP contribution in [0.4, 0.5) is 0 Å². The number of carboxylic acids is 1. The second-order valence-electron chi connectivity index (χ2n) is 3.95. The zero-order valence-electron chi connectivity index (χ0n) is 11.1. The van der Waals surface area contributed by atoms with Gasteiger partial charge in [-0.1, -0.05) is 25.5 Å². The number of carboxylic acid groups (broad SMARTS) is 1. The Morgan fingerprint density at radius 2 is 1.95 bits per heavy atom. The molecule has 0 amide bonds. The Bertz CT molecular complexity index is 441. The molecule has 1 N–H and O–H groups in total. The van der Waals surface area contributed by atoms with Crippen LogP contribution in [0, 0.1) is 0 Å². The zero-order chi connectivity index (χ0) is 14.3. The Balaban J connectivity index is 2.90. The number of hydrogen-bond acceptors (Lipinski definition) is 4. The Morgan fingerprint density at radius 1 is 1.26 bits per heavy atom. The van der Waals surface area contributed by atoms with Crippen molar-refractivity contribution in [3.8, 4) is 5.75 Å². The fourth-order valence-electron chi connectivity index (χ4n) is 1.62. The number of hydrogen-bond donors (Lipinski definition) is 1. The van der Waals surface area contributed by atoms with E-state index in [4.69, 9.17) is 14.6 Å². The lowest BCUT2D eigenvalue weighted by atomic mass is 10.2. The summed E-state index contributed by atoms with van der Waals surface area (Å²) in [6.45, 7) is 3.90. The van der Waals surface area contributed by atoms with Crippen LogP contribution in [0.5, 0.6) is 5.75 Å². The summed E-state index contributed by atoms with van der Waals surface area (Å²) in [4.78, 5) is 22.8. The van der Waals surface area contributed by atoms with E-state index in [0.717, 1.165) is 6.42 Å². The third kappa shape index (κ3) is 4.28. The number of rotatable bonds is 7. The minimum atomic E-state index is -1.09. The number of esters is 1. The van der Waals surface area contributed by atoms with Crippen molar-refractivity contribution in [3.63, 3.8) is 0 Å². The molecule has 0 saturated carbocycles. The highest BCUT2D eigenvalue weighted by atomic mass is 16.6. The summed E-state index contributed by atoms with van der Waals surface area (Å²) in [5.74, 6) is -1.37. The summed E-state index contributed by atoms with van der Waals surface area (Å²) in [5.41, 5.74) is 0.0351. The molecule has 19 heavy (non-hydrogen) atoms. The molecule has 1 atom stereocenters. The Hall–Kier alpha value is -2.04. The second-order valence-corrected chi connectivity index (χ2v) is 3.95. The molecular weight excluding hydrogens is 248 g/mol. The Morgan fingerprint density at radius 3 is 2.53 bits per heavy atom. The largest absolute Gasteiger partial charge is 0.478 e. The van der Waals surface area contributed by atoms with Gasteiger partial charge in [0.05, 0.1) is 6.61 Å². The first-order valence-electron chi connectivity index (χ1n) is 6.25. The van der Waals surface area contributed by atoms with Gasteiger partial charge in [-0.15, -0.1) is 0 Å². The third-order valence-electron chi connectivity index (χ3n) is 2.49. The molecule has 5 nitrogen and oxygen atoms in total.